The number of halogens is 3. The molecule has 0 saturated carbocycles. The van der Waals surface area contributed by atoms with Crippen LogP contribution >= 0.6 is 0 Å². The number of anilines is 1. The summed E-state index contributed by atoms with van der Waals surface area (Å²) in [5.41, 5.74) is 10.2. The number of piperidine rings is 1. The molecular formula is C29H31F3N4O. The lowest BCUT2D eigenvalue weighted by Gasteiger charge is -2.41. The molecule has 1 saturated heterocycles. The summed E-state index contributed by atoms with van der Waals surface area (Å²) < 4.78 is 39.8. The van der Waals surface area contributed by atoms with Crippen molar-refractivity contribution in [3.63, 3.8) is 0 Å². The summed E-state index contributed by atoms with van der Waals surface area (Å²) in [6, 6.07) is 12.9. The Kier molecular flexibility index (Phi) is 6.26. The number of nitrogens with zero attached hydrogens (tertiary/aromatic N) is 2. The summed E-state index contributed by atoms with van der Waals surface area (Å²) in [7, 11) is 0. The predicted octanol–water partition coefficient (Wildman–Crippen LogP) is 6.11. The summed E-state index contributed by atoms with van der Waals surface area (Å²) in [5, 5.41) is 3.66. The molecule has 0 radical (unpaired) electrons. The number of benzene rings is 2. The van der Waals surface area contributed by atoms with Crippen molar-refractivity contribution in [3.8, 4) is 22.5 Å². The van der Waals surface area contributed by atoms with Crippen LogP contribution in [-0.2, 0) is 12.6 Å². The summed E-state index contributed by atoms with van der Waals surface area (Å²) >= 11 is 0. The van der Waals surface area contributed by atoms with E-state index in [4.69, 9.17) is 10.7 Å². The van der Waals surface area contributed by atoms with Crippen molar-refractivity contribution < 1.29 is 18.0 Å². The van der Waals surface area contributed by atoms with Crippen LogP contribution in [0.5, 0.6) is 0 Å². The molecule has 3 aromatic rings. The van der Waals surface area contributed by atoms with Gasteiger partial charge in [0.25, 0.3) is 0 Å². The van der Waals surface area contributed by atoms with E-state index in [2.05, 4.69) is 37.1 Å². The molecule has 2 aromatic carbocycles. The average Bonchev–Trinajstić information content (AvgIpc) is 3.20. The fourth-order valence-corrected chi connectivity index (χ4v) is 5.38. The number of amides is 1. The van der Waals surface area contributed by atoms with Gasteiger partial charge in [-0.1, -0.05) is 18.2 Å². The van der Waals surface area contributed by atoms with Crippen LogP contribution in [0.1, 0.15) is 60.7 Å². The highest BCUT2D eigenvalue weighted by molar-refractivity contribution is 5.98. The van der Waals surface area contributed by atoms with Gasteiger partial charge in [-0.25, -0.2) is 4.98 Å². The molecule has 0 atom stereocenters. The number of nitrogens with two attached hydrogens (primary N) is 1. The van der Waals surface area contributed by atoms with Crippen molar-refractivity contribution in [2.75, 3.05) is 18.4 Å². The maximum Gasteiger partial charge on any atom is 0.416 e. The lowest BCUT2D eigenvalue weighted by molar-refractivity contribution is -0.137. The number of nitrogens with one attached hydrogen (secondary N) is 1. The number of fused-ring (bicyclic) bond motifs is 3. The minimum Gasteiger partial charge on any atom is -0.382 e. The minimum absolute atomic E-state index is 0.169. The van der Waals surface area contributed by atoms with Crippen molar-refractivity contribution in [2.24, 2.45) is 5.73 Å². The van der Waals surface area contributed by atoms with Crippen LogP contribution in [0.4, 0.5) is 18.9 Å². The zero-order valence-corrected chi connectivity index (χ0v) is 21.2. The molecule has 1 fully saturated rings. The third-order valence-corrected chi connectivity index (χ3v) is 7.42. The van der Waals surface area contributed by atoms with E-state index in [9.17, 15) is 18.0 Å². The molecule has 8 heteroatoms. The maximum absolute atomic E-state index is 13.3. The van der Waals surface area contributed by atoms with Crippen molar-refractivity contribution in [1.29, 1.82) is 0 Å². The first-order chi connectivity index (χ1) is 17.4. The Hall–Kier alpha value is -3.39. The highest BCUT2D eigenvalue weighted by Gasteiger charge is 2.32. The van der Waals surface area contributed by atoms with Gasteiger partial charge in [-0.05, 0) is 75.1 Å². The highest BCUT2D eigenvalue weighted by Crippen LogP contribution is 2.41. The smallest absolute Gasteiger partial charge is 0.382 e. The first-order valence-electron chi connectivity index (χ1n) is 12.6. The molecule has 0 bridgehead atoms. The molecular weight excluding hydrogens is 477 g/mol. The van der Waals surface area contributed by atoms with Crippen LogP contribution < -0.4 is 11.1 Å². The molecule has 1 aliphatic carbocycles. The third kappa shape index (κ3) is 5.07. The molecule has 1 aliphatic heterocycles. The lowest BCUT2D eigenvalue weighted by Crippen LogP contribution is -2.48. The Bertz CT molecular complexity index is 1350. The van der Waals surface area contributed by atoms with Gasteiger partial charge in [-0.2, -0.15) is 13.2 Å². The van der Waals surface area contributed by atoms with E-state index in [1.54, 1.807) is 6.07 Å². The SMILES string of the molecule is CC(C)(C)N1CCC(Nc2ccc3c(c2)Cc2c(C(N)=O)cc(-c4cccc(C(F)(F)F)c4)nc2-3)CC1. The zero-order chi connectivity index (χ0) is 26.5. The highest BCUT2D eigenvalue weighted by atomic mass is 19.4. The predicted molar refractivity (Wildman–Crippen MR) is 139 cm³/mol. The maximum atomic E-state index is 13.3. The van der Waals surface area contributed by atoms with Gasteiger partial charge in [-0.15, -0.1) is 0 Å². The average molecular weight is 509 g/mol. The molecule has 194 valence electrons. The summed E-state index contributed by atoms with van der Waals surface area (Å²) in [6.45, 7) is 8.81. The molecule has 37 heavy (non-hydrogen) atoms. The van der Waals surface area contributed by atoms with Crippen LogP contribution in [0.25, 0.3) is 22.5 Å². The van der Waals surface area contributed by atoms with Crippen molar-refractivity contribution >= 4 is 11.6 Å². The van der Waals surface area contributed by atoms with Gasteiger partial charge in [0.2, 0.25) is 5.91 Å². The van der Waals surface area contributed by atoms with Gasteiger partial charge >= 0.3 is 6.18 Å². The number of hydrogen-bond acceptors (Lipinski definition) is 4. The van der Waals surface area contributed by atoms with Gasteiger partial charge in [0, 0.05) is 53.5 Å². The van der Waals surface area contributed by atoms with Crippen molar-refractivity contribution in [2.45, 2.75) is 57.8 Å². The van der Waals surface area contributed by atoms with Gasteiger partial charge in [0.1, 0.15) is 0 Å². The number of primary amides is 1. The summed E-state index contributed by atoms with van der Waals surface area (Å²) in [4.78, 5) is 19.6. The fourth-order valence-electron chi connectivity index (χ4n) is 5.38. The molecule has 0 spiro atoms. The van der Waals surface area contributed by atoms with E-state index in [1.165, 1.54) is 12.1 Å². The standard InChI is InChI=1S/C29H31F3N4O/c1-28(2,3)36-11-9-20(10-12-36)34-21-7-8-22-18(14-21)15-23-24(27(33)37)16-25(35-26(22)23)17-5-4-6-19(13-17)29(30,31)32/h4-8,13-14,16,20,34H,9-12,15H2,1-3H3,(H2,33,37). The van der Waals surface area contributed by atoms with E-state index in [1.807, 2.05) is 12.1 Å². The van der Waals surface area contributed by atoms with E-state index in [-0.39, 0.29) is 16.7 Å². The molecule has 2 aliphatic rings. The number of hydrogen-bond donors (Lipinski definition) is 2. The summed E-state index contributed by atoms with van der Waals surface area (Å²) in [6.07, 6.45) is -1.86. The van der Waals surface area contributed by atoms with Gasteiger partial charge in [0.15, 0.2) is 0 Å². The number of alkyl halides is 3. The van der Waals surface area contributed by atoms with Crippen LogP contribution in [-0.4, -0.2) is 40.5 Å². The number of carbonyl (C=O) groups excluding carboxylic acids is 1. The second-order valence-corrected chi connectivity index (χ2v) is 11.0. The Morgan fingerprint density at radius 2 is 1.78 bits per heavy atom. The molecule has 3 N–H and O–H groups in total. The Morgan fingerprint density at radius 1 is 1.05 bits per heavy atom. The monoisotopic (exact) mass is 508 g/mol. The van der Waals surface area contributed by atoms with Crippen molar-refractivity contribution in [1.82, 2.24) is 9.88 Å². The second kappa shape index (κ2) is 9.17. The van der Waals surface area contributed by atoms with Crippen LogP contribution in [0, 0.1) is 0 Å². The van der Waals surface area contributed by atoms with E-state index < -0.39 is 17.6 Å². The minimum atomic E-state index is -4.47. The zero-order valence-electron chi connectivity index (χ0n) is 21.2. The van der Waals surface area contributed by atoms with Gasteiger partial charge in [-0.3, -0.25) is 9.69 Å². The van der Waals surface area contributed by atoms with E-state index >= 15 is 0 Å². The summed E-state index contributed by atoms with van der Waals surface area (Å²) in [5.74, 6) is -0.622. The first kappa shape index (κ1) is 25.3. The molecule has 5 nitrogen and oxygen atoms in total. The Labute approximate surface area is 214 Å². The third-order valence-electron chi connectivity index (χ3n) is 7.42. The number of pyridine rings is 1. The Balaban J connectivity index is 1.43. The van der Waals surface area contributed by atoms with Gasteiger partial charge < -0.3 is 11.1 Å². The lowest BCUT2D eigenvalue weighted by atomic mass is 9.97. The van der Waals surface area contributed by atoms with Crippen LogP contribution in [0.3, 0.4) is 0 Å². The van der Waals surface area contributed by atoms with E-state index in [0.29, 0.717) is 29.4 Å². The molecule has 0 unspecified atom stereocenters. The topological polar surface area (TPSA) is 71.2 Å². The molecule has 2 heterocycles. The van der Waals surface area contributed by atoms with E-state index in [0.717, 1.165) is 54.9 Å². The molecule has 5 rings (SSSR count). The number of rotatable bonds is 4. The first-order valence-corrected chi connectivity index (χ1v) is 12.6. The normalized spacial score (nSPS) is 16.4. The molecule has 1 amide bonds. The number of likely N-dealkylation sites (tertiary alicyclic amines) is 1. The molecule has 1 aromatic heterocycles. The van der Waals surface area contributed by atoms with Crippen LogP contribution in [0.2, 0.25) is 0 Å². The second-order valence-electron chi connectivity index (χ2n) is 11.0. The number of carbonyl (C=O) groups is 1. The largest absolute Gasteiger partial charge is 0.416 e. The quantitative estimate of drug-likeness (QED) is 0.349. The Morgan fingerprint density at radius 3 is 2.43 bits per heavy atom. The fraction of sp³-hybridized carbons (Fsp3) is 0.379. The van der Waals surface area contributed by atoms with Crippen LogP contribution in [0.15, 0.2) is 48.5 Å². The van der Waals surface area contributed by atoms with Gasteiger partial charge in [0.05, 0.1) is 17.0 Å². The van der Waals surface area contributed by atoms with Crippen molar-refractivity contribution in [3.05, 3.63) is 70.8 Å². The number of aromatic nitrogens is 1.